The molecule has 1 N–H and O–H groups in total. The van der Waals surface area contributed by atoms with E-state index in [0.717, 1.165) is 22.4 Å². The lowest BCUT2D eigenvalue weighted by Gasteiger charge is -2.16. The van der Waals surface area contributed by atoms with Crippen LogP contribution < -0.4 is 10.1 Å². The van der Waals surface area contributed by atoms with Crippen molar-refractivity contribution in [2.24, 2.45) is 0 Å². The summed E-state index contributed by atoms with van der Waals surface area (Å²) in [6.07, 6.45) is 0. The fourth-order valence-corrected chi connectivity index (χ4v) is 3.22. The second-order valence-electron chi connectivity index (χ2n) is 6.98. The summed E-state index contributed by atoms with van der Waals surface area (Å²) in [6, 6.07) is 22.7. The molecule has 0 radical (unpaired) electrons. The first kappa shape index (κ1) is 21.9. The standard InChI is InChI=1S/C25H26ClNO3/c1-3-30-24-14-11-21(15-22(24)17-29-16-19-7-5-4-6-8-19)25(28)27-18(2)20-9-12-23(26)13-10-20/h4-15,18H,3,16-17H2,1-2H3,(H,27,28)/t18-/m0/s1. The van der Waals surface area contributed by atoms with Crippen LogP contribution in [0.25, 0.3) is 0 Å². The number of carbonyl (C=O) groups is 1. The summed E-state index contributed by atoms with van der Waals surface area (Å²) in [5.41, 5.74) is 3.50. The van der Waals surface area contributed by atoms with E-state index in [1.807, 2.05) is 80.6 Å². The third-order valence-corrected chi connectivity index (χ3v) is 4.96. The number of benzene rings is 3. The van der Waals surface area contributed by atoms with Crippen molar-refractivity contribution in [1.82, 2.24) is 5.32 Å². The number of nitrogens with one attached hydrogen (secondary N) is 1. The summed E-state index contributed by atoms with van der Waals surface area (Å²) in [4.78, 5) is 12.8. The Morgan fingerprint density at radius 3 is 2.43 bits per heavy atom. The van der Waals surface area contributed by atoms with E-state index in [2.05, 4.69) is 5.32 Å². The molecule has 0 aliphatic heterocycles. The van der Waals surface area contributed by atoms with Gasteiger partial charge in [0.05, 0.1) is 25.9 Å². The molecule has 0 aromatic heterocycles. The van der Waals surface area contributed by atoms with Gasteiger partial charge in [0.2, 0.25) is 0 Å². The minimum absolute atomic E-state index is 0.140. The Bertz CT molecular complexity index is 958. The minimum Gasteiger partial charge on any atom is -0.494 e. The van der Waals surface area contributed by atoms with E-state index in [9.17, 15) is 4.79 Å². The fraction of sp³-hybridized carbons (Fsp3) is 0.240. The second kappa shape index (κ2) is 10.8. The fourth-order valence-electron chi connectivity index (χ4n) is 3.10. The van der Waals surface area contributed by atoms with Crippen molar-refractivity contribution in [2.75, 3.05) is 6.61 Å². The summed E-state index contributed by atoms with van der Waals surface area (Å²) in [5, 5.41) is 3.70. The van der Waals surface area contributed by atoms with Gasteiger partial charge in [0, 0.05) is 16.1 Å². The maximum Gasteiger partial charge on any atom is 0.251 e. The van der Waals surface area contributed by atoms with Gasteiger partial charge in [0.1, 0.15) is 5.75 Å². The molecule has 1 atom stereocenters. The lowest BCUT2D eigenvalue weighted by atomic mass is 10.1. The zero-order chi connectivity index (χ0) is 21.3. The molecule has 30 heavy (non-hydrogen) atoms. The zero-order valence-corrected chi connectivity index (χ0v) is 18.0. The molecule has 156 valence electrons. The molecule has 0 aliphatic carbocycles. The quantitative estimate of drug-likeness (QED) is 0.462. The maximum absolute atomic E-state index is 12.8. The van der Waals surface area contributed by atoms with Crippen LogP contribution in [0, 0.1) is 0 Å². The van der Waals surface area contributed by atoms with Gasteiger partial charge in [-0.2, -0.15) is 0 Å². The second-order valence-corrected chi connectivity index (χ2v) is 7.42. The van der Waals surface area contributed by atoms with Crippen LogP contribution in [0.1, 0.15) is 46.9 Å². The van der Waals surface area contributed by atoms with E-state index in [1.54, 1.807) is 6.07 Å². The van der Waals surface area contributed by atoms with Gasteiger partial charge in [-0.1, -0.05) is 54.1 Å². The van der Waals surface area contributed by atoms with Crippen LogP contribution in [-0.2, 0) is 18.0 Å². The summed E-state index contributed by atoms with van der Waals surface area (Å²) in [6.45, 7) is 5.28. The minimum atomic E-state index is -0.148. The van der Waals surface area contributed by atoms with Crippen molar-refractivity contribution in [2.45, 2.75) is 33.1 Å². The molecule has 3 rings (SSSR count). The third kappa shape index (κ3) is 6.09. The van der Waals surface area contributed by atoms with Gasteiger partial charge in [-0.25, -0.2) is 0 Å². The van der Waals surface area contributed by atoms with Gasteiger partial charge in [-0.15, -0.1) is 0 Å². The summed E-state index contributed by atoms with van der Waals surface area (Å²) in [5.74, 6) is 0.581. The molecule has 0 heterocycles. The highest BCUT2D eigenvalue weighted by Gasteiger charge is 2.14. The monoisotopic (exact) mass is 423 g/mol. The van der Waals surface area contributed by atoms with Crippen molar-refractivity contribution in [3.05, 3.63) is 100 Å². The first-order chi connectivity index (χ1) is 14.6. The number of halogens is 1. The number of hydrogen-bond donors (Lipinski definition) is 1. The van der Waals surface area contributed by atoms with Gasteiger partial charge in [0.25, 0.3) is 5.91 Å². The first-order valence-corrected chi connectivity index (χ1v) is 10.4. The Morgan fingerprint density at radius 2 is 1.73 bits per heavy atom. The Balaban J connectivity index is 1.68. The van der Waals surface area contributed by atoms with Crippen molar-refractivity contribution in [3.8, 4) is 5.75 Å². The molecule has 0 saturated carbocycles. The number of ether oxygens (including phenoxy) is 2. The molecule has 5 heteroatoms. The number of rotatable bonds is 9. The van der Waals surface area contributed by atoms with E-state index in [1.165, 1.54) is 0 Å². The number of amides is 1. The Hall–Kier alpha value is -2.82. The molecule has 0 bridgehead atoms. The molecular formula is C25H26ClNO3. The largest absolute Gasteiger partial charge is 0.494 e. The van der Waals surface area contributed by atoms with Crippen LogP contribution >= 0.6 is 11.6 Å². The Labute approximate surface area is 182 Å². The van der Waals surface area contributed by atoms with E-state index in [4.69, 9.17) is 21.1 Å². The lowest BCUT2D eigenvalue weighted by molar-refractivity contribution is 0.0937. The summed E-state index contributed by atoms with van der Waals surface area (Å²) >= 11 is 5.95. The average molecular weight is 424 g/mol. The van der Waals surface area contributed by atoms with Gasteiger partial charge in [0.15, 0.2) is 0 Å². The molecule has 0 aliphatic rings. The molecule has 4 nitrogen and oxygen atoms in total. The lowest BCUT2D eigenvalue weighted by Crippen LogP contribution is -2.26. The molecule has 0 spiro atoms. The molecule has 0 unspecified atom stereocenters. The van der Waals surface area contributed by atoms with Crippen molar-refractivity contribution < 1.29 is 14.3 Å². The van der Waals surface area contributed by atoms with Crippen molar-refractivity contribution in [3.63, 3.8) is 0 Å². The Morgan fingerprint density at radius 1 is 1.00 bits per heavy atom. The Kier molecular flexibility index (Phi) is 7.89. The molecule has 1 amide bonds. The smallest absolute Gasteiger partial charge is 0.251 e. The predicted octanol–water partition coefficient (Wildman–Crippen LogP) is 5.95. The van der Waals surface area contributed by atoms with Crippen LogP contribution in [-0.4, -0.2) is 12.5 Å². The van der Waals surface area contributed by atoms with E-state index in [0.29, 0.717) is 30.4 Å². The highest BCUT2D eigenvalue weighted by Crippen LogP contribution is 2.23. The maximum atomic E-state index is 12.8. The normalized spacial score (nSPS) is 11.7. The highest BCUT2D eigenvalue weighted by molar-refractivity contribution is 6.30. The highest BCUT2D eigenvalue weighted by atomic mass is 35.5. The number of carbonyl (C=O) groups excluding carboxylic acids is 1. The predicted molar refractivity (Wildman–Crippen MR) is 120 cm³/mol. The van der Waals surface area contributed by atoms with Crippen molar-refractivity contribution in [1.29, 1.82) is 0 Å². The van der Waals surface area contributed by atoms with E-state index >= 15 is 0 Å². The molecule has 0 saturated heterocycles. The number of hydrogen-bond acceptors (Lipinski definition) is 3. The van der Waals surface area contributed by atoms with Crippen LogP contribution in [0.4, 0.5) is 0 Å². The molecular weight excluding hydrogens is 398 g/mol. The zero-order valence-electron chi connectivity index (χ0n) is 17.2. The molecule has 0 fully saturated rings. The van der Waals surface area contributed by atoms with Crippen LogP contribution in [0.3, 0.4) is 0 Å². The van der Waals surface area contributed by atoms with Crippen molar-refractivity contribution >= 4 is 17.5 Å². The molecule has 3 aromatic rings. The molecule has 3 aromatic carbocycles. The van der Waals surface area contributed by atoms with Crippen LogP contribution in [0.15, 0.2) is 72.8 Å². The average Bonchev–Trinajstić information content (AvgIpc) is 2.76. The van der Waals surface area contributed by atoms with E-state index < -0.39 is 0 Å². The van der Waals surface area contributed by atoms with Crippen LogP contribution in [0.2, 0.25) is 5.02 Å². The van der Waals surface area contributed by atoms with Gasteiger partial charge >= 0.3 is 0 Å². The summed E-state index contributed by atoms with van der Waals surface area (Å²) in [7, 11) is 0. The summed E-state index contributed by atoms with van der Waals surface area (Å²) < 4.78 is 11.6. The SMILES string of the molecule is CCOc1ccc(C(=O)N[C@@H](C)c2ccc(Cl)cc2)cc1COCc1ccccc1. The topological polar surface area (TPSA) is 47.6 Å². The first-order valence-electron chi connectivity index (χ1n) is 10.0. The van der Waals surface area contributed by atoms with Gasteiger partial charge in [-0.05, 0) is 55.3 Å². The third-order valence-electron chi connectivity index (χ3n) is 4.71. The van der Waals surface area contributed by atoms with Crippen LogP contribution in [0.5, 0.6) is 5.75 Å². The van der Waals surface area contributed by atoms with Gasteiger partial charge in [-0.3, -0.25) is 4.79 Å². The van der Waals surface area contributed by atoms with E-state index in [-0.39, 0.29) is 11.9 Å². The van der Waals surface area contributed by atoms with Gasteiger partial charge < -0.3 is 14.8 Å².